The lowest BCUT2D eigenvalue weighted by atomic mass is 10.00. The maximum atomic E-state index is 10.4. The maximum Gasteiger partial charge on any atom is 0.306 e. The van der Waals surface area contributed by atoms with Gasteiger partial charge in [-0.05, 0) is 31.5 Å². The molecule has 1 N–H and O–H groups in total. The Morgan fingerprint density at radius 2 is 1.90 bits per heavy atom. The molecule has 0 saturated heterocycles. The zero-order valence-electron chi connectivity index (χ0n) is 13.3. The van der Waals surface area contributed by atoms with Crippen LogP contribution < -0.4 is 0 Å². The summed E-state index contributed by atoms with van der Waals surface area (Å²) in [6, 6.07) is 0. The van der Waals surface area contributed by atoms with Gasteiger partial charge in [0.15, 0.2) is 0 Å². The molecule has 0 bridgehead atoms. The van der Waals surface area contributed by atoms with E-state index in [0.717, 1.165) is 32.2 Å². The molecule has 3 heteroatoms. The van der Waals surface area contributed by atoms with Crippen LogP contribution in [0.4, 0.5) is 0 Å². The van der Waals surface area contributed by atoms with Crippen molar-refractivity contribution in [3.8, 4) is 0 Å². The Bertz CT molecular complexity index is 297. The Morgan fingerprint density at radius 1 is 1.20 bits per heavy atom. The van der Waals surface area contributed by atoms with Crippen molar-refractivity contribution >= 4 is 5.97 Å². The summed E-state index contributed by atoms with van der Waals surface area (Å²) >= 11 is 0. The molecule has 1 aliphatic heterocycles. The third kappa shape index (κ3) is 9.65. The van der Waals surface area contributed by atoms with E-state index in [-0.39, 0.29) is 5.92 Å². The molecule has 20 heavy (non-hydrogen) atoms. The van der Waals surface area contributed by atoms with Crippen molar-refractivity contribution in [3.63, 3.8) is 0 Å². The van der Waals surface area contributed by atoms with Crippen LogP contribution in [-0.2, 0) is 4.79 Å². The first-order chi connectivity index (χ1) is 9.65. The van der Waals surface area contributed by atoms with Gasteiger partial charge in [0.25, 0.3) is 0 Å². The number of nitrogens with zero attached hydrogens (tertiary/aromatic N) is 1. The molecule has 0 aromatic rings. The molecule has 1 heterocycles. The SMILES string of the molecule is CCCCC(CC)C(=O)O.CCCCN1C=CC=CC1. The van der Waals surface area contributed by atoms with Gasteiger partial charge in [0.05, 0.1) is 5.92 Å². The fourth-order valence-corrected chi connectivity index (χ4v) is 1.99. The van der Waals surface area contributed by atoms with E-state index in [0.29, 0.717) is 0 Å². The minimum absolute atomic E-state index is 0.111. The molecule has 1 aliphatic rings. The minimum atomic E-state index is -0.643. The third-order valence-electron chi connectivity index (χ3n) is 3.43. The van der Waals surface area contributed by atoms with Crippen LogP contribution in [0, 0.1) is 5.92 Å². The topological polar surface area (TPSA) is 40.5 Å². The average molecular weight is 281 g/mol. The molecule has 0 aromatic heterocycles. The minimum Gasteiger partial charge on any atom is -0.481 e. The molecular weight excluding hydrogens is 250 g/mol. The summed E-state index contributed by atoms with van der Waals surface area (Å²) in [7, 11) is 0. The van der Waals surface area contributed by atoms with Crippen LogP contribution in [0.5, 0.6) is 0 Å². The quantitative estimate of drug-likeness (QED) is 0.714. The van der Waals surface area contributed by atoms with E-state index in [1.165, 1.54) is 19.4 Å². The first-order valence-corrected chi connectivity index (χ1v) is 7.95. The number of allylic oxidation sites excluding steroid dienone is 2. The Kier molecular flexibility index (Phi) is 12.0. The van der Waals surface area contributed by atoms with Crippen LogP contribution in [-0.4, -0.2) is 29.1 Å². The van der Waals surface area contributed by atoms with Gasteiger partial charge in [0, 0.05) is 13.1 Å². The van der Waals surface area contributed by atoms with E-state index in [4.69, 9.17) is 5.11 Å². The van der Waals surface area contributed by atoms with Gasteiger partial charge in [-0.15, -0.1) is 0 Å². The first kappa shape index (κ1) is 18.8. The second kappa shape index (κ2) is 12.8. The van der Waals surface area contributed by atoms with Gasteiger partial charge in [-0.1, -0.05) is 52.2 Å². The number of carboxylic acids is 1. The fraction of sp³-hybridized carbons (Fsp3) is 0.706. The van der Waals surface area contributed by atoms with E-state index >= 15 is 0 Å². The molecule has 1 rings (SSSR count). The number of rotatable bonds is 8. The van der Waals surface area contributed by atoms with Crippen LogP contribution >= 0.6 is 0 Å². The summed E-state index contributed by atoms with van der Waals surface area (Å²) in [5.41, 5.74) is 0. The Morgan fingerprint density at radius 3 is 2.35 bits per heavy atom. The monoisotopic (exact) mass is 281 g/mol. The van der Waals surface area contributed by atoms with Crippen molar-refractivity contribution in [1.82, 2.24) is 4.90 Å². The summed E-state index contributed by atoms with van der Waals surface area (Å²) in [6.07, 6.45) is 14.9. The van der Waals surface area contributed by atoms with Crippen molar-refractivity contribution in [3.05, 3.63) is 24.4 Å². The van der Waals surface area contributed by atoms with Crippen LogP contribution in [0.2, 0.25) is 0 Å². The van der Waals surface area contributed by atoms with Gasteiger partial charge in [0.2, 0.25) is 0 Å². The smallest absolute Gasteiger partial charge is 0.306 e. The lowest BCUT2D eigenvalue weighted by molar-refractivity contribution is -0.142. The number of unbranched alkanes of at least 4 members (excludes halogenated alkanes) is 2. The zero-order valence-corrected chi connectivity index (χ0v) is 13.3. The van der Waals surface area contributed by atoms with E-state index in [1.54, 1.807) is 0 Å². The summed E-state index contributed by atoms with van der Waals surface area (Å²) in [5.74, 6) is -0.754. The van der Waals surface area contributed by atoms with Gasteiger partial charge in [-0.3, -0.25) is 4.79 Å². The standard InChI is InChI=1S/C9H15N.C8H16O2/c1-2-3-7-10-8-5-4-6-9-10;1-3-5-6-7(4-2)8(9)10/h4-6,8H,2-3,7,9H2,1H3;7H,3-6H2,1-2H3,(H,9,10). The highest BCUT2D eigenvalue weighted by atomic mass is 16.4. The van der Waals surface area contributed by atoms with Crippen molar-refractivity contribution in [1.29, 1.82) is 0 Å². The van der Waals surface area contributed by atoms with E-state index in [9.17, 15) is 4.79 Å². The Labute approximate surface area is 124 Å². The molecule has 3 nitrogen and oxygen atoms in total. The van der Waals surface area contributed by atoms with Crippen LogP contribution in [0.1, 0.15) is 59.3 Å². The van der Waals surface area contributed by atoms with Crippen molar-refractivity contribution in [2.24, 2.45) is 5.92 Å². The molecule has 0 spiro atoms. The normalized spacial score (nSPS) is 14.7. The molecular formula is C17H31NO2. The highest BCUT2D eigenvalue weighted by molar-refractivity contribution is 5.69. The molecule has 1 atom stereocenters. The average Bonchev–Trinajstić information content (AvgIpc) is 2.47. The van der Waals surface area contributed by atoms with Gasteiger partial charge < -0.3 is 10.0 Å². The first-order valence-electron chi connectivity index (χ1n) is 7.95. The van der Waals surface area contributed by atoms with Crippen LogP contribution in [0.25, 0.3) is 0 Å². The van der Waals surface area contributed by atoms with E-state index in [2.05, 4.69) is 43.2 Å². The van der Waals surface area contributed by atoms with Crippen molar-refractivity contribution in [2.75, 3.05) is 13.1 Å². The molecule has 0 radical (unpaired) electrons. The highest BCUT2D eigenvalue weighted by Gasteiger charge is 2.12. The predicted molar refractivity (Wildman–Crippen MR) is 85.7 cm³/mol. The number of hydrogen-bond donors (Lipinski definition) is 1. The molecule has 0 fully saturated rings. The van der Waals surface area contributed by atoms with E-state index < -0.39 is 5.97 Å². The Hall–Kier alpha value is -1.25. The number of carbonyl (C=O) groups is 1. The molecule has 0 saturated carbocycles. The third-order valence-corrected chi connectivity index (χ3v) is 3.43. The molecule has 116 valence electrons. The molecule has 0 aliphatic carbocycles. The molecule has 1 unspecified atom stereocenters. The van der Waals surface area contributed by atoms with Crippen molar-refractivity contribution < 1.29 is 9.90 Å². The number of carboxylic acid groups (broad SMARTS) is 1. The fourth-order valence-electron chi connectivity index (χ4n) is 1.99. The highest BCUT2D eigenvalue weighted by Crippen LogP contribution is 2.11. The summed E-state index contributed by atoms with van der Waals surface area (Å²) in [4.78, 5) is 12.8. The zero-order chi connectivity index (χ0) is 15.2. The summed E-state index contributed by atoms with van der Waals surface area (Å²) in [5, 5.41) is 8.60. The lowest BCUT2D eigenvalue weighted by Crippen LogP contribution is -2.19. The Balaban J connectivity index is 0.000000361. The van der Waals surface area contributed by atoms with Gasteiger partial charge in [-0.2, -0.15) is 0 Å². The van der Waals surface area contributed by atoms with Gasteiger partial charge in [-0.25, -0.2) is 0 Å². The molecule has 0 aromatic carbocycles. The lowest BCUT2D eigenvalue weighted by Gasteiger charge is -2.19. The van der Waals surface area contributed by atoms with E-state index in [1.807, 2.05) is 6.92 Å². The van der Waals surface area contributed by atoms with Gasteiger partial charge in [0.1, 0.15) is 0 Å². The largest absolute Gasteiger partial charge is 0.481 e. The predicted octanol–water partition coefficient (Wildman–Crippen LogP) is 4.46. The number of hydrogen-bond acceptors (Lipinski definition) is 2. The maximum absolute atomic E-state index is 10.4. The summed E-state index contributed by atoms with van der Waals surface area (Å²) in [6.45, 7) is 8.53. The van der Waals surface area contributed by atoms with Crippen molar-refractivity contribution in [2.45, 2.75) is 59.3 Å². The van der Waals surface area contributed by atoms with Gasteiger partial charge >= 0.3 is 5.97 Å². The second-order valence-electron chi connectivity index (χ2n) is 5.20. The summed E-state index contributed by atoms with van der Waals surface area (Å²) < 4.78 is 0. The molecule has 0 amide bonds. The van der Waals surface area contributed by atoms with Crippen LogP contribution in [0.3, 0.4) is 0 Å². The number of aliphatic carboxylic acids is 1. The second-order valence-corrected chi connectivity index (χ2v) is 5.20. The van der Waals surface area contributed by atoms with Crippen LogP contribution in [0.15, 0.2) is 24.4 Å².